The van der Waals surface area contributed by atoms with Crippen molar-refractivity contribution in [2.24, 2.45) is 11.7 Å². The first-order valence-electron chi connectivity index (χ1n) is 11.3. The Kier molecular flexibility index (Phi) is 7.97. The number of ether oxygens (including phenoxy) is 1. The van der Waals surface area contributed by atoms with Crippen LogP contribution in [0.3, 0.4) is 0 Å². The molecule has 0 aliphatic carbocycles. The monoisotopic (exact) mass is 394 g/mol. The summed E-state index contributed by atoms with van der Waals surface area (Å²) in [6, 6.07) is 0.994. The van der Waals surface area contributed by atoms with E-state index in [0.717, 1.165) is 64.8 Å². The zero-order valence-corrected chi connectivity index (χ0v) is 17.5. The minimum atomic E-state index is -0.162. The van der Waals surface area contributed by atoms with Crippen molar-refractivity contribution in [3.05, 3.63) is 0 Å². The van der Waals surface area contributed by atoms with Gasteiger partial charge in [0.25, 0.3) is 0 Å². The summed E-state index contributed by atoms with van der Waals surface area (Å²) in [7, 11) is 0. The molecule has 0 bridgehead atoms. The molecule has 3 rings (SSSR count). The molecule has 3 heterocycles. The zero-order chi connectivity index (χ0) is 19.9. The van der Waals surface area contributed by atoms with Gasteiger partial charge in [-0.2, -0.15) is 0 Å². The molecule has 2 atom stereocenters. The van der Waals surface area contributed by atoms with E-state index in [4.69, 9.17) is 10.5 Å². The largest absolute Gasteiger partial charge is 0.450 e. The smallest absolute Gasteiger partial charge is 0.409 e. The van der Waals surface area contributed by atoms with Crippen LogP contribution in [0.2, 0.25) is 0 Å². The Bertz CT molecular complexity index is 522. The molecule has 0 saturated carbocycles. The maximum absolute atomic E-state index is 12.4. The summed E-state index contributed by atoms with van der Waals surface area (Å²) in [5.74, 6) is 0.873. The summed E-state index contributed by atoms with van der Waals surface area (Å²) < 4.78 is 5.17. The molecular weight excluding hydrogens is 356 g/mol. The first kappa shape index (κ1) is 21.4. The second kappa shape index (κ2) is 10.4. The van der Waals surface area contributed by atoms with Crippen molar-refractivity contribution < 1.29 is 14.3 Å². The number of piperidine rings is 1. The lowest BCUT2D eigenvalue weighted by Crippen LogP contribution is -2.47. The van der Waals surface area contributed by atoms with Crippen molar-refractivity contribution in [2.75, 3.05) is 45.9 Å². The highest BCUT2D eigenvalue weighted by atomic mass is 16.6. The standard InChI is InChI=1S/C21H38N4O3/c1-2-28-21(27)24-12-3-5-18(10-16-24)23-14-8-17(9-15-23)19-6-4-13-25(19)20(26)7-11-22/h17-19H,2-16,22H2,1H3. The van der Waals surface area contributed by atoms with E-state index in [1.165, 1.54) is 12.8 Å². The Morgan fingerprint density at radius 2 is 1.71 bits per heavy atom. The maximum atomic E-state index is 12.4. The van der Waals surface area contributed by atoms with Crippen LogP contribution in [-0.2, 0) is 9.53 Å². The van der Waals surface area contributed by atoms with E-state index in [1.807, 2.05) is 11.8 Å². The fraction of sp³-hybridized carbons (Fsp3) is 0.905. The molecule has 0 aromatic rings. The van der Waals surface area contributed by atoms with Gasteiger partial charge in [0.1, 0.15) is 0 Å². The molecule has 7 nitrogen and oxygen atoms in total. The van der Waals surface area contributed by atoms with Gasteiger partial charge in [-0.25, -0.2) is 4.79 Å². The fourth-order valence-electron chi connectivity index (χ4n) is 5.37. The Hall–Kier alpha value is -1.34. The lowest BCUT2D eigenvalue weighted by Gasteiger charge is -2.41. The minimum absolute atomic E-state index is 0.162. The molecule has 3 aliphatic rings. The Morgan fingerprint density at radius 3 is 2.43 bits per heavy atom. The number of amides is 2. The first-order chi connectivity index (χ1) is 13.6. The molecule has 0 aromatic carbocycles. The predicted octanol–water partition coefficient (Wildman–Crippen LogP) is 2.05. The Labute approximate surface area is 169 Å². The quantitative estimate of drug-likeness (QED) is 0.772. The highest BCUT2D eigenvalue weighted by molar-refractivity contribution is 5.77. The van der Waals surface area contributed by atoms with E-state index in [-0.39, 0.29) is 12.0 Å². The number of nitrogens with zero attached hydrogens (tertiary/aromatic N) is 3. The Balaban J connectivity index is 1.47. The predicted molar refractivity (Wildman–Crippen MR) is 109 cm³/mol. The van der Waals surface area contributed by atoms with Gasteiger partial charge in [-0.15, -0.1) is 0 Å². The molecule has 0 spiro atoms. The zero-order valence-electron chi connectivity index (χ0n) is 17.5. The van der Waals surface area contributed by atoms with Gasteiger partial charge >= 0.3 is 6.09 Å². The van der Waals surface area contributed by atoms with Gasteiger partial charge in [0.15, 0.2) is 0 Å². The number of hydrogen-bond donors (Lipinski definition) is 1. The molecule has 3 saturated heterocycles. The van der Waals surface area contributed by atoms with Crippen LogP contribution < -0.4 is 5.73 Å². The number of hydrogen-bond acceptors (Lipinski definition) is 5. The van der Waals surface area contributed by atoms with Crippen LogP contribution in [0.1, 0.15) is 58.3 Å². The molecule has 0 aromatic heterocycles. The SMILES string of the molecule is CCOC(=O)N1CCCC(N2CCC(C3CCCN3C(=O)CCN)CC2)CC1. The van der Waals surface area contributed by atoms with Gasteiger partial charge in [-0.1, -0.05) is 0 Å². The summed E-state index contributed by atoms with van der Waals surface area (Å²) in [5.41, 5.74) is 5.59. The van der Waals surface area contributed by atoms with Crippen molar-refractivity contribution in [3.8, 4) is 0 Å². The van der Waals surface area contributed by atoms with Gasteiger partial charge in [-0.3, -0.25) is 4.79 Å². The third-order valence-corrected chi connectivity index (χ3v) is 6.84. The number of nitrogens with two attached hydrogens (primary N) is 1. The molecule has 3 aliphatic heterocycles. The van der Waals surface area contributed by atoms with E-state index in [0.29, 0.717) is 37.6 Å². The van der Waals surface area contributed by atoms with Crippen molar-refractivity contribution in [1.29, 1.82) is 0 Å². The molecular formula is C21H38N4O3. The average molecular weight is 395 g/mol. The number of carbonyl (C=O) groups is 2. The number of carbonyl (C=O) groups excluding carboxylic acids is 2. The lowest BCUT2D eigenvalue weighted by atomic mass is 9.86. The van der Waals surface area contributed by atoms with Gasteiger partial charge in [0, 0.05) is 44.7 Å². The van der Waals surface area contributed by atoms with Gasteiger partial charge in [0.05, 0.1) is 6.61 Å². The normalized spacial score (nSPS) is 27.6. The summed E-state index contributed by atoms with van der Waals surface area (Å²) >= 11 is 0. The van der Waals surface area contributed by atoms with Crippen LogP contribution >= 0.6 is 0 Å². The van der Waals surface area contributed by atoms with E-state index in [1.54, 1.807) is 0 Å². The molecule has 3 fully saturated rings. The summed E-state index contributed by atoms with van der Waals surface area (Å²) in [6.45, 7) is 7.50. The minimum Gasteiger partial charge on any atom is -0.450 e. The van der Waals surface area contributed by atoms with Crippen molar-refractivity contribution in [3.63, 3.8) is 0 Å². The molecule has 7 heteroatoms. The van der Waals surface area contributed by atoms with Crippen LogP contribution in [0.4, 0.5) is 4.79 Å². The van der Waals surface area contributed by atoms with Crippen LogP contribution in [0.5, 0.6) is 0 Å². The molecule has 0 radical (unpaired) electrons. The van der Waals surface area contributed by atoms with Gasteiger partial charge in [0.2, 0.25) is 5.91 Å². The summed E-state index contributed by atoms with van der Waals surface area (Å²) in [4.78, 5) is 31.0. The summed E-state index contributed by atoms with van der Waals surface area (Å²) in [6.07, 6.45) is 8.20. The van der Waals surface area contributed by atoms with Crippen LogP contribution in [0.15, 0.2) is 0 Å². The van der Waals surface area contributed by atoms with Crippen LogP contribution in [-0.4, -0.2) is 84.7 Å². The molecule has 2 N–H and O–H groups in total. The third-order valence-electron chi connectivity index (χ3n) is 6.84. The molecule has 2 amide bonds. The maximum Gasteiger partial charge on any atom is 0.409 e. The van der Waals surface area contributed by atoms with Crippen molar-refractivity contribution in [2.45, 2.75) is 70.4 Å². The highest BCUT2D eigenvalue weighted by Crippen LogP contribution is 2.33. The average Bonchev–Trinajstić information content (AvgIpc) is 3.06. The van der Waals surface area contributed by atoms with E-state index < -0.39 is 0 Å². The number of likely N-dealkylation sites (tertiary alicyclic amines) is 3. The van der Waals surface area contributed by atoms with E-state index in [9.17, 15) is 9.59 Å². The third kappa shape index (κ3) is 5.17. The number of rotatable bonds is 5. The van der Waals surface area contributed by atoms with Gasteiger partial charge < -0.3 is 25.2 Å². The van der Waals surface area contributed by atoms with E-state index >= 15 is 0 Å². The first-order valence-corrected chi connectivity index (χ1v) is 11.3. The van der Waals surface area contributed by atoms with Crippen LogP contribution in [0.25, 0.3) is 0 Å². The van der Waals surface area contributed by atoms with Gasteiger partial charge in [-0.05, 0) is 70.9 Å². The second-order valence-corrected chi connectivity index (χ2v) is 8.48. The summed E-state index contributed by atoms with van der Waals surface area (Å²) in [5, 5.41) is 0. The Morgan fingerprint density at radius 1 is 0.964 bits per heavy atom. The second-order valence-electron chi connectivity index (χ2n) is 8.48. The fourth-order valence-corrected chi connectivity index (χ4v) is 5.37. The van der Waals surface area contributed by atoms with Crippen molar-refractivity contribution in [1.82, 2.24) is 14.7 Å². The lowest BCUT2D eigenvalue weighted by molar-refractivity contribution is -0.133. The van der Waals surface area contributed by atoms with Crippen LogP contribution in [0, 0.1) is 5.92 Å². The highest BCUT2D eigenvalue weighted by Gasteiger charge is 2.37. The molecule has 28 heavy (non-hydrogen) atoms. The molecule has 2 unspecified atom stereocenters. The molecule has 160 valence electrons. The van der Waals surface area contributed by atoms with Crippen molar-refractivity contribution >= 4 is 12.0 Å². The van der Waals surface area contributed by atoms with E-state index in [2.05, 4.69) is 9.80 Å². The topological polar surface area (TPSA) is 79.1 Å².